The molecular formula is C36H40FIrN3Si-2. The van der Waals surface area contributed by atoms with Crippen molar-refractivity contribution in [3.63, 3.8) is 0 Å². The molecule has 0 fully saturated rings. The maximum Gasteiger partial charge on any atom is 0.0602 e. The summed E-state index contributed by atoms with van der Waals surface area (Å²) < 4.78 is 14.9. The summed E-state index contributed by atoms with van der Waals surface area (Å²) >= 11 is 0. The maximum absolute atomic E-state index is 12.6. The first-order valence-corrected chi connectivity index (χ1v) is 17.8. The quantitative estimate of drug-likeness (QED) is 0.128. The summed E-state index contributed by atoms with van der Waals surface area (Å²) in [5.74, 6) is 1.59. The Labute approximate surface area is 265 Å². The van der Waals surface area contributed by atoms with Crippen molar-refractivity contribution in [1.29, 1.82) is 0 Å². The van der Waals surface area contributed by atoms with E-state index in [9.17, 15) is 4.39 Å². The van der Waals surface area contributed by atoms with Crippen LogP contribution in [0, 0.1) is 24.9 Å². The van der Waals surface area contributed by atoms with E-state index >= 15 is 0 Å². The van der Waals surface area contributed by atoms with E-state index in [-0.39, 0.29) is 25.9 Å². The Morgan fingerprint density at radius 1 is 0.786 bits per heavy atom. The van der Waals surface area contributed by atoms with E-state index in [4.69, 9.17) is 4.98 Å². The number of aryl methyl sites for hydroxylation is 1. The summed E-state index contributed by atoms with van der Waals surface area (Å²) in [7, 11) is -1.32. The number of imidazole rings is 1. The van der Waals surface area contributed by atoms with E-state index in [2.05, 4.69) is 112 Å². The van der Waals surface area contributed by atoms with E-state index in [0.29, 0.717) is 11.8 Å². The summed E-state index contributed by atoms with van der Waals surface area (Å²) in [6, 6.07) is 29.8. The standard InChI is InChI=1S/C24H31N2Si.C12H9FN.Ir/c1-17(2)21-9-8-10-22(18(3)4)23(21)26-16-15-25-24(26)19-11-13-20(14-12-19)27(5,6)7;1-9-3-2-4-12(14-9)10-5-7-11(13)8-6-10;/h8-11,13-18H,1-7H3;2-5,7-8H,1H3;/q2*-1;. The van der Waals surface area contributed by atoms with Crippen LogP contribution >= 0.6 is 0 Å². The van der Waals surface area contributed by atoms with Gasteiger partial charge in [0, 0.05) is 57.8 Å². The van der Waals surface area contributed by atoms with Crippen molar-refractivity contribution in [2.45, 2.75) is 66.1 Å². The number of benzene rings is 3. The van der Waals surface area contributed by atoms with Crippen LogP contribution in [0.5, 0.6) is 0 Å². The molecule has 2 aromatic heterocycles. The second-order valence-corrected chi connectivity index (χ2v) is 17.1. The monoisotopic (exact) mass is 754 g/mol. The number of halogens is 1. The molecule has 0 aliphatic carbocycles. The fourth-order valence-electron chi connectivity index (χ4n) is 4.76. The van der Waals surface area contributed by atoms with Crippen LogP contribution in [0.3, 0.4) is 0 Å². The molecule has 1 radical (unpaired) electrons. The van der Waals surface area contributed by atoms with Gasteiger partial charge in [-0.05, 0) is 41.6 Å². The summed E-state index contributed by atoms with van der Waals surface area (Å²) in [5.41, 5.74) is 7.63. The van der Waals surface area contributed by atoms with Crippen LogP contribution in [0.4, 0.5) is 4.39 Å². The van der Waals surface area contributed by atoms with Gasteiger partial charge in [0.2, 0.25) is 0 Å². The number of para-hydroxylation sites is 1. The molecule has 6 heteroatoms. The van der Waals surface area contributed by atoms with Crippen molar-refractivity contribution in [1.82, 2.24) is 14.5 Å². The Bertz CT molecular complexity index is 1560. The van der Waals surface area contributed by atoms with Gasteiger partial charge in [0.1, 0.15) is 0 Å². The normalized spacial score (nSPS) is 11.2. The predicted molar refractivity (Wildman–Crippen MR) is 172 cm³/mol. The van der Waals surface area contributed by atoms with Crippen LogP contribution in [-0.4, -0.2) is 22.6 Å². The van der Waals surface area contributed by atoms with Gasteiger partial charge in [-0.2, -0.15) is 0 Å². The Balaban J connectivity index is 0.000000272. The molecule has 0 aliphatic heterocycles. The molecule has 0 spiro atoms. The van der Waals surface area contributed by atoms with Gasteiger partial charge in [0.15, 0.2) is 0 Å². The number of hydrogen-bond donors (Lipinski definition) is 0. The van der Waals surface area contributed by atoms with Gasteiger partial charge < -0.3 is 9.55 Å². The van der Waals surface area contributed by atoms with Crippen molar-refractivity contribution < 1.29 is 24.5 Å². The second kappa shape index (κ2) is 14.3. The molecule has 221 valence electrons. The summed E-state index contributed by atoms with van der Waals surface area (Å²) in [4.78, 5) is 9.02. The molecule has 0 saturated heterocycles. The average molecular weight is 754 g/mol. The van der Waals surface area contributed by atoms with Crippen LogP contribution in [0.2, 0.25) is 19.6 Å². The molecule has 0 unspecified atom stereocenters. The van der Waals surface area contributed by atoms with Crippen molar-refractivity contribution in [3.8, 4) is 28.3 Å². The topological polar surface area (TPSA) is 30.7 Å². The van der Waals surface area contributed by atoms with Gasteiger partial charge in [0.25, 0.3) is 0 Å². The molecule has 3 aromatic carbocycles. The van der Waals surface area contributed by atoms with E-state index in [1.165, 1.54) is 34.1 Å². The zero-order chi connectivity index (χ0) is 29.7. The fraction of sp³-hybridized carbons (Fsp3) is 0.278. The molecule has 3 nitrogen and oxygen atoms in total. The SMILES string of the molecule is CC(C)c1cccc(C(C)C)c1-n1ccnc1-c1[c-]cc([Si](C)(C)C)cc1.Cc1cccc(-c2[c-]cc(F)cc2)n1.[Ir]. The molecule has 0 atom stereocenters. The molecule has 42 heavy (non-hydrogen) atoms. The summed E-state index contributed by atoms with van der Waals surface area (Å²) in [6.07, 6.45) is 3.99. The number of pyridine rings is 1. The fourth-order valence-corrected chi connectivity index (χ4v) is 5.85. The number of nitrogens with zero attached hydrogens (tertiary/aromatic N) is 3. The van der Waals surface area contributed by atoms with Gasteiger partial charge >= 0.3 is 0 Å². The molecule has 0 bridgehead atoms. The number of rotatable bonds is 6. The summed E-state index contributed by atoms with van der Waals surface area (Å²) in [6.45, 7) is 18.1. The first-order valence-electron chi connectivity index (χ1n) is 14.3. The van der Waals surface area contributed by atoms with Crippen molar-refractivity contribution in [2.24, 2.45) is 0 Å². The predicted octanol–water partition coefficient (Wildman–Crippen LogP) is 9.13. The third-order valence-electron chi connectivity index (χ3n) is 7.08. The molecular weight excluding hydrogens is 714 g/mol. The minimum atomic E-state index is -1.32. The molecule has 5 aromatic rings. The number of aromatic nitrogens is 3. The zero-order valence-corrected chi connectivity index (χ0v) is 29.2. The minimum Gasteiger partial charge on any atom is -0.340 e. The van der Waals surface area contributed by atoms with Crippen LogP contribution in [0.25, 0.3) is 28.3 Å². The number of hydrogen-bond acceptors (Lipinski definition) is 2. The van der Waals surface area contributed by atoms with E-state index in [1.807, 2.05) is 31.3 Å². The Hall–Kier alpha value is -3.18. The maximum atomic E-state index is 12.6. The van der Waals surface area contributed by atoms with Crippen LogP contribution in [-0.2, 0) is 20.1 Å². The summed E-state index contributed by atoms with van der Waals surface area (Å²) in [5, 5.41) is 1.43. The van der Waals surface area contributed by atoms with Gasteiger partial charge in [-0.3, -0.25) is 9.37 Å². The minimum absolute atomic E-state index is 0. The zero-order valence-electron chi connectivity index (χ0n) is 25.8. The van der Waals surface area contributed by atoms with Gasteiger partial charge in [-0.1, -0.05) is 77.7 Å². The van der Waals surface area contributed by atoms with Crippen molar-refractivity contribution in [2.75, 3.05) is 0 Å². The van der Waals surface area contributed by atoms with Crippen molar-refractivity contribution >= 4 is 13.3 Å². The Morgan fingerprint density at radius 2 is 1.40 bits per heavy atom. The molecule has 0 saturated carbocycles. The second-order valence-electron chi connectivity index (χ2n) is 12.0. The third-order valence-corrected chi connectivity index (χ3v) is 9.13. The average Bonchev–Trinajstić information content (AvgIpc) is 3.42. The van der Waals surface area contributed by atoms with Gasteiger partial charge in [-0.25, -0.2) is 0 Å². The van der Waals surface area contributed by atoms with E-state index < -0.39 is 8.07 Å². The Kier molecular flexibility index (Phi) is 11.4. The van der Waals surface area contributed by atoms with Gasteiger partial charge in [0.05, 0.1) is 5.82 Å². The smallest absolute Gasteiger partial charge is 0.0602 e. The largest absolute Gasteiger partial charge is 0.340 e. The van der Waals surface area contributed by atoms with Crippen LogP contribution in [0.15, 0.2) is 85.2 Å². The molecule has 5 rings (SSSR count). The molecule has 0 aliphatic rings. The molecule has 0 N–H and O–H groups in total. The van der Waals surface area contributed by atoms with Crippen molar-refractivity contribution in [3.05, 3.63) is 120 Å². The van der Waals surface area contributed by atoms with E-state index in [0.717, 1.165) is 28.3 Å². The first kappa shape index (κ1) is 33.3. The van der Waals surface area contributed by atoms with Gasteiger partial charge in [-0.15, -0.1) is 64.8 Å². The third kappa shape index (κ3) is 8.00. The molecule has 2 heterocycles. The van der Waals surface area contributed by atoms with E-state index in [1.54, 1.807) is 6.07 Å². The first-order chi connectivity index (χ1) is 19.5. The Morgan fingerprint density at radius 3 is 1.93 bits per heavy atom. The van der Waals surface area contributed by atoms with Crippen LogP contribution < -0.4 is 5.19 Å². The van der Waals surface area contributed by atoms with Crippen LogP contribution in [0.1, 0.15) is 56.4 Å². The molecule has 0 amide bonds.